The molecule has 0 saturated heterocycles. The van der Waals surface area contributed by atoms with Gasteiger partial charge in [0, 0.05) is 20.4 Å². The summed E-state index contributed by atoms with van der Waals surface area (Å²) in [4.78, 5) is 12.2. The van der Waals surface area contributed by atoms with E-state index >= 15 is 0 Å². The summed E-state index contributed by atoms with van der Waals surface area (Å²) in [6, 6.07) is 0. The van der Waals surface area contributed by atoms with Crippen LogP contribution in [0.3, 0.4) is 0 Å². The second-order valence-corrected chi connectivity index (χ2v) is 7.76. The summed E-state index contributed by atoms with van der Waals surface area (Å²) in [6.07, 6.45) is 1.81. The summed E-state index contributed by atoms with van der Waals surface area (Å²) in [5.74, 6) is 1.02. The Kier molecular flexibility index (Phi) is 6.59. The second-order valence-electron chi connectivity index (χ2n) is 5.64. The summed E-state index contributed by atoms with van der Waals surface area (Å²) >= 11 is 2.60. The second kappa shape index (κ2) is 9.12. The fourth-order valence-corrected chi connectivity index (χ4v) is 3.76. The summed E-state index contributed by atoms with van der Waals surface area (Å²) in [7, 11) is 4.98. The van der Waals surface area contributed by atoms with Gasteiger partial charge in [-0.1, -0.05) is 23.1 Å². The molecule has 3 heterocycles. The normalized spacial score (nSPS) is 11.0. The fourth-order valence-electron chi connectivity index (χ4n) is 2.38. The van der Waals surface area contributed by atoms with Gasteiger partial charge < -0.3 is 9.47 Å². The van der Waals surface area contributed by atoms with Crippen LogP contribution >= 0.6 is 23.1 Å². The number of nitrogens with zero attached hydrogens (tertiary/aromatic N) is 7. The molecule has 0 saturated carbocycles. The molecule has 3 aromatic rings. The minimum atomic E-state index is -0.192. The molecule has 28 heavy (non-hydrogen) atoms. The van der Waals surface area contributed by atoms with Gasteiger partial charge >= 0.3 is 0 Å². The van der Waals surface area contributed by atoms with Gasteiger partial charge in [0.1, 0.15) is 10.6 Å². The first-order valence-corrected chi connectivity index (χ1v) is 10.0. The number of rotatable bonds is 9. The van der Waals surface area contributed by atoms with Crippen molar-refractivity contribution in [1.82, 2.24) is 34.7 Å². The number of anilines is 1. The zero-order valence-corrected chi connectivity index (χ0v) is 17.5. The van der Waals surface area contributed by atoms with Crippen LogP contribution in [0.15, 0.2) is 11.4 Å². The van der Waals surface area contributed by atoms with Crippen LogP contribution in [0.2, 0.25) is 0 Å². The van der Waals surface area contributed by atoms with E-state index in [0.717, 1.165) is 5.01 Å². The standard InChI is InChI=1S/C15H20N8O3S2/c1-9-17-19-14(28-9)16-11(24)8-27-15-20-18-12(23(15)5-6-25-3)10-7-22(2)21-13(10)26-4/h7H,5-6,8H2,1-4H3,(H,16,19,24). The van der Waals surface area contributed by atoms with Crippen molar-refractivity contribution in [3.8, 4) is 17.3 Å². The number of carbonyl (C=O) groups is 1. The Morgan fingerprint density at radius 1 is 1.29 bits per heavy atom. The highest BCUT2D eigenvalue weighted by Gasteiger charge is 2.21. The van der Waals surface area contributed by atoms with Gasteiger partial charge in [-0.3, -0.25) is 19.4 Å². The smallest absolute Gasteiger partial charge is 0.243 e. The SMILES string of the molecule is COCCn1c(SCC(=O)Nc2nnc(C)s2)nnc1-c1cn(C)nc1OC. The van der Waals surface area contributed by atoms with Crippen LogP contribution in [0.4, 0.5) is 5.13 Å². The third-order valence-corrected chi connectivity index (χ3v) is 5.29. The van der Waals surface area contributed by atoms with Crippen LogP contribution in [-0.2, 0) is 23.1 Å². The Morgan fingerprint density at radius 3 is 2.79 bits per heavy atom. The molecule has 0 atom stereocenters. The Morgan fingerprint density at radius 2 is 2.11 bits per heavy atom. The Labute approximate surface area is 169 Å². The van der Waals surface area contributed by atoms with E-state index in [9.17, 15) is 4.79 Å². The van der Waals surface area contributed by atoms with Crippen molar-refractivity contribution in [3.63, 3.8) is 0 Å². The van der Waals surface area contributed by atoms with Crippen molar-refractivity contribution in [2.24, 2.45) is 7.05 Å². The van der Waals surface area contributed by atoms with Crippen molar-refractivity contribution in [2.75, 3.05) is 31.9 Å². The first-order valence-electron chi connectivity index (χ1n) is 8.24. The molecule has 0 aromatic carbocycles. The molecule has 0 aliphatic rings. The highest BCUT2D eigenvalue weighted by Crippen LogP contribution is 2.30. The van der Waals surface area contributed by atoms with Crippen molar-refractivity contribution < 1.29 is 14.3 Å². The van der Waals surface area contributed by atoms with Crippen LogP contribution in [-0.4, -0.2) is 67.2 Å². The number of nitrogens with one attached hydrogen (secondary N) is 1. The highest BCUT2D eigenvalue weighted by molar-refractivity contribution is 7.99. The van der Waals surface area contributed by atoms with E-state index < -0.39 is 0 Å². The molecular formula is C15H20N8O3S2. The van der Waals surface area contributed by atoms with E-state index in [2.05, 4.69) is 30.8 Å². The number of hydrogen-bond acceptors (Lipinski definition) is 10. The van der Waals surface area contributed by atoms with Crippen LogP contribution in [0.25, 0.3) is 11.4 Å². The Hall–Kier alpha value is -2.51. The van der Waals surface area contributed by atoms with E-state index in [1.807, 2.05) is 17.7 Å². The number of methoxy groups -OCH3 is 2. The minimum absolute atomic E-state index is 0.161. The van der Waals surface area contributed by atoms with Crippen molar-refractivity contribution in [2.45, 2.75) is 18.6 Å². The zero-order chi connectivity index (χ0) is 20.1. The van der Waals surface area contributed by atoms with Gasteiger partial charge in [0.15, 0.2) is 11.0 Å². The van der Waals surface area contributed by atoms with E-state index in [4.69, 9.17) is 9.47 Å². The molecule has 0 fully saturated rings. The molecule has 1 N–H and O–H groups in total. The van der Waals surface area contributed by atoms with Crippen molar-refractivity contribution in [1.29, 1.82) is 0 Å². The largest absolute Gasteiger partial charge is 0.479 e. The van der Waals surface area contributed by atoms with E-state index in [-0.39, 0.29) is 11.7 Å². The number of hydrogen-bond donors (Lipinski definition) is 1. The lowest BCUT2D eigenvalue weighted by Crippen LogP contribution is -2.15. The van der Waals surface area contributed by atoms with Gasteiger partial charge in [0.05, 0.1) is 26.0 Å². The van der Waals surface area contributed by atoms with Crippen LogP contribution in [0.5, 0.6) is 5.88 Å². The fraction of sp³-hybridized carbons (Fsp3) is 0.467. The molecule has 150 valence electrons. The van der Waals surface area contributed by atoms with E-state index in [0.29, 0.717) is 40.7 Å². The topological polar surface area (TPSA) is 122 Å². The number of amides is 1. The predicted molar refractivity (Wildman–Crippen MR) is 105 cm³/mol. The van der Waals surface area contributed by atoms with Gasteiger partial charge in [0.2, 0.25) is 16.9 Å². The molecule has 0 radical (unpaired) electrons. The molecule has 0 bridgehead atoms. The Bertz CT molecular complexity index is 951. The number of ether oxygens (including phenoxy) is 2. The first kappa shape index (κ1) is 20.2. The molecule has 13 heteroatoms. The van der Waals surface area contributed by atoms with Gasteiger partial charge in [-0.25, -0.2) is 0 Å². The average molecular weight is 425 g/mol. The van der Waals surface area contributed by atoms with Crippen LogP contribution in [0.1, 0.15) is 5.01 Å². The lowest BCUT2D eigenvalue weighted by atomic mass is 10.3. The number of aromatic nitrogens is 7. The van der Waals surface area contributed by atoms with Gasteiger partial charge in [-0.2, -0.15) is 0 Å². The summed E-state index contributed by atoms with van der Waals surface area (Å²) in [5, 5.41) is 25.1. The maximum absolute atomic E-state index is 12.2. The maximum Gasteiger partial charge on any atom is 0.243 e. The summed E-state index contributed by atoms with van der Waals surface area (Å²) < 4.78 is 14.1. The quantitative estimate of drug-likeness (QED) is 0.505. The number of carbonyl (C=O) groups excluding carboxylic acids is 1. The molecule has 3 aromatic heterocycles. The van der Waals surface area contributed by atoms with Gasteiger partial charge in [-0.15, -0.1) is 25.5 Å². The number of aryl methyl sites for hydroxylation is 2. The molecule has 1 amide bonds. The lowest BCUT2D eigenvalue weighted by Gasteiger charge is -2.09. The zero-order valence-electron chi connectivity index (χ0n) is 15.9. The maximum atomic E-state index is 12.2. The van der Waals surface area contributed by atoms with E-state index in [1.165, 1.54) is 23.1 Å². The molecule has 0 aliphatic carbocycles. The van der Waals surface area contributed by atoms with Gasteiger partial charge in [0.25, 0.3) is 0 Å². The molecular weight excluding hydrogens is 404 g/mol. The third kappa shape index (κ3) is 4.66. The summed E-state index contributed by atoms with van der Waals surface area (Å²) in [5.41, 5.74) is 0.717. The molecule has 0 unspecified atom stereocenters. The monoisotopic (exact) mass is 424 g/mol. The third-order valence-electron chi connectivity index (χ3n) is 3.57. The van der Waals surface area contributed by atoms with Crippen LogP contribution < -0.4 is 10.1 Å². The molecule has 0 spiro atoms. The lowest BCUT2D eigenvalue weighted by molar-refractivity contribution is -0.113. The molecule has 3 rings (SSSR count). The minimum Gasteiger partial charge on any atom is -0.479 e. The van der Waals surface area contributed by atoms with E-state index in [1.54, 1.807) is 25.9 Å². The molecule has 11 nitrogen and oxygen atoms in total. The van der Waals surface area contributed by atoms with Gasteiger partial charge in [-0.05, 0) is 6.92 Å². The average Bonchev–Trinajstić information content (AvgIpc) is 3.36. The first-order chi connectivity index (χ1) is 13.5. The predicted octanol–water partition coefficient (Wildman–Crippen LogP) is 1.22. The van der Waals surface area contributed by atoms with Crippen molar-refractivity contribution in [3.05, 3.63) is 11.2 Å². The highest BCUT2D eigenvalue weighted by atomic mass is 32.2. The van der Waals surface area contributed by atoms with Crippen LogP contribution in [0, 0.1) is 6.92 Å². The Balaban J connectivity index is 1.76. The summed E-state index contributed by atoms with van der Waals surface area (Å²) in [6.45, 7) is 2.82. The molecule has 0 aliphatic heterocycles. The van der Waals surface area contributed by atoms with Crippen molar-refractivity contribution >= 4 is 34.1 Å². The number of thioether (sulfide) groups is 1.